The van der Waals surface area contributed by atoms with Gasteiger partial charge in [0.25, 0.3) is 0 Å². The molecular weight excluding hydrogens is 379 g/mol. The van der Waals surface area contributed by atoms with Crippen LogP contribution in [0.2, 0.25) is 10.0 Å². The number of ether oxygens (including phenoxy) is 2. The summed E-state index contributed by atoms with van der Waals surface area (Å²) in [4.78, 5) is 25.8. The molecule has 0 spiro atoms. The molecule has 0 unspecified atom stereocenters. The predicted molar refractivity (Wildman–Crippen MR) is 103 cm³/mol. The number of carbonyl (C=O) groups is 2. The summed E-state index contributed by atoms with van der Waals surface area (Å²) < 4.78 is 10.5. The molecule has 26 heavy (non-hydrogen) atoms. The molecular formula is C18H18Cl2N2O4. The highest BCUT2D eigenvalue weighted by molar-refractivity contribution is 6.44. The Morgan fingerprint density at radius 2 is 1.85 bits per heavy atom. The van der Waals surface area contributed by atoms with Gasteiger partial charge < -0.3 is 14.8 Å². The first-order chi connectivity index (χ1) is 12.4. The number of nitrogens with zero attached hydrogens (tertiary/aromatic N) is 1. The lowest BCUT2D eigenvalue weighted by Crippen LogP contribution is -2.37. The van der Waals surface area contributed by atoms with Gasteiger partial charge in [-0.2, -0.15) is 0 Å². The molecule has 138 valence electrons. The summed E-state index contributed by atoms with van der Waals surface area (Å²) >= 11 is 12.0. The Labute approximate surface area is 161 Å². The van der Waals surface area contributed by atoms with Crippen molar-refractivity contribution in [3.63, 3.8) is 0 Å². The second-order valence-corrected chi connectivity index (χ2v) is 6.08. The molecule has 2 amide bonds. The highest BCUT2D eigenvalue weighted by Gasteiger charge is 2.20. The zero-order valence-electron chi connectivity index (χ0n) is 14.5. The molecule has 0 radical (unpaired) electrons. The molecule has 1 N–H and O–H groups in total. The van der Waals surface area contributed by atoms with Crippen molar-refractivity contribution >= 4 is 46.4 Å². The van der Waals surface area contributed by atoms with Crippen molar-refractivity contribution in [1.29, 1.82) is 0 Å². The quantitative estimate of drug-likeness (QED) is 0.800. The first-order valence-corrected chi connectivity index (χ1v) is 8.37. The number of methoxy groups -OCH3 is 2. The van der Waals surface area contributed by atoms with E-state index in [0.717, 1.165) is 0 Å². The molecule has 0 aromatic heterocycles. The Morgan fingerprint density at radius 3 is 2.46 bits per heavy atom. The molecule has 0 saturated carbocycles. The monoisotopic (exact) mass is 396 g/mol. The van der Waals surface area contributed by atoms with E-state index >= 15 is 0 Å². The third-order valence-corrected chi connectivity index (χ3v) is 4.40. The van der Waals surface area contributed by atoms with Crippen LogP contribution in [0.3, 0.4) is 0 Å². The van der Waals surface area contributed by atoms with Gasteiger partial charge in [-0.3, -0.25) is 14.5 Å². The van der Waals surface area contributed by atoms with Gasteiger partial charge in [-0.25, -0.2) is 0 Å². The summed E-state index contributed by atoms with van der Waals surface area (Å²) in [5, 5.41) is 3.21. The van der Waals surface area contributed by atoms with E-state index in [9.17, 15) is 9.59 Å². The van der Waals surface area contributed by atoms with E-state index in [1.807, 2.05) is 0 Å². The van der Waals surface area contributed by atoms with Crippen molar-refractivity contribution in [2.45, 2.75) is 6.92 Å². The zero-order chi connectivity index (χ0) is 19.3. The number of carbonyl (C=O) groups excluding carboxylic acids is 2. The smallest absolute Gasteiger partial charge is 0.244 e. The number of halogens is 2. The Hall–Kier alpha value is -2.44. The fourth-order valence-electron chi connectivity index (χ4n) is 2.31. The second kappa shape index (κ2) is 8.78. The van der Waals surface area contributed by atoms with Crippen LogP contribution in [0.25, 0.3) is 0 Å². The molecule has 6 nitrogen and oxygen atoms in total. The molecule has 0 fully saturated rings. The normalized spacial score (nSPS) is 10.2. The van der Waals surface area contributed by atoms with Crippen LogP contribution in [-0.2, 0) is 9.59 Å². The van der Waals surface area contributed by atoms with E-state index in [0.29, 0.717) is 27.9 Å². The Kier molecular flexibility index (Phi) is 6.71. The molecule has 2 aromatic carbocycles. The topological polar surface area (TPSA) is 67.9 Å². The number of hydrogen-bond donors (Lipinski definition) is 1. The molecule has 2 rings (SSSR count). The number of amides is 2. The van der Waals surface area contributed by atoms with Crippen molar-refractivity contribution in [2.75, 3.05) is 31.0 Å². The van der Waals surface area contributed by atoms with E-state index in [1.165, 1.54) is 26.0 Å². The van der Waals surface area contributed by atoms with E-state index in [2.05, 4.69) is 5.32 Å². The predicted octanol–water partition coefficient (Wildman–Crippen LogP) is 4.00. The van der Waals surface area contributed by atoms with Crippen LogP contribution in [0.5, 0.6) is 11.5 Å². The third kappa shape index (κ3) is 4.59. The van der Waals surface area contributed by atoms with Gasteiger partial charge in [0.05, 0.1) is 35.6 Å². The van der Waals surface area contributed by atoms with Crippen molar-refractivity contribution < 1.29 is 19.1 Å². The molecule has 0 atom stereocenters. The van der Waals surface area contributed by atoms with E-state index < -0.39 is 5.91 Å². The largest absolute Gasteiger partial charge is 0.497 e. The Morgan fingerprint density at radius 1 is 1.12 bits per heavy atom. The molecule has 0 aliphatic carbocycles. The van der Waals surface area contributed by atoms with Crippen molar-refractivity contribution in [2.24, 2.45) is 0 Å². The van der Waals surface area contributed by atoms with Gasteiger partial charge in [0.15, 0.2) is 0 Å². The van der Waals surface area contributed by atoms with Crippen LogP contribution < -0.4 is 19.7 Å². The van der Waals surface area contributed by atoms with Gasteiger partial charge in [0.2, 0.25) is 11.8 Å². The maximum absolute atomic E-state index is 12.4. The van der Waals surface area contributed by atoms with Gasteiger partial charge in [0, 0.05) is 13.0 Å². The van der Waals surface area contributed by atoms with Gasteiger partial charge in [-0.1, -0.05) is 29.3 Å². The summed E-state index contributed by atoms with van der Waals surface area (Å²) in [6.45, 7) is 1.14. The average Bonchev–Trinajstić information content (AvgIpc) is 2.63. The van der Waals surface area contributed by atoms with Crippen molar-refractivity contribution in [3.8, 4) is 11.5 Å². The maximum Gasteiger partial charge on any atom is 0.244 e. The highest BCUT2D eigenvalue weighted by atomic mass is 35.5. The van der Waals surface area contributed by atoms with Crippen LogP contribution in [0.1, 0.15) is 6.92 Å². The molecule has 8 heteroatoms. The lowest BCUT2D eigenvalue weighted by atomic mass is 10.2. The van der Waals surface area contributed by atoms with Gasteiger partial charge in [-0.05, 0) is 24.3 Å². The van der Waals surface area contributed by atoms with Crippen molar-refractivity contribution in [1.82, 2.24) is 0 Å². The van der Waals surface area contributed by atoms with Gasteiger partial charge in [0.1, 0.15) is 18.0 Å². The molecule has 0 aliphatic rings. The summed E-state index contributed by atoms with van der Waals surface area (Å²) in [7, 11) is 3.00. The van der Waals surface area contributed by atoms with Crippen LogP contribution in [0.15, 0.2) is 36.4 Å². The standard InChI is InChI=1S/C18H18Cl2N2O4/c1-11(23)22(15-8-7-12(25-2)9-16(15)26-3)10-17(24)21-14-6-4-5-13(19)18(14)20/h4-9H,10H2,1-3H3,(H,21,24). The summed E-state index contributed by atoms with van der Waals surface area (Å²) in [6.07, 6.45) is 0. The van der Waals surface area contributed by atoms with E-state index in [1.54, 1.807) is 36.4 Å². The number of benzene rings is 2. The minimum atomic E-state index is -0.428. The number of hydrogen-bond acceptors (Lipinski definition) is 4. The minimum Gasteiger partial charge on any atom is -0.497 e. The minimum absolute atomic E-state index is 0.221. The Bertz CT molecular complexity index is 827. The number of nitrogens with one attached hydrogen (secondary N) is 1. The van der Waals surface area contributed by atoms with Crippen LogP contribution >= 0.6 is 23.2 Å². The summed E-state index contributed by atoms with van der Waals surface area (Å²) in [5.74, 6) is 0.237. The zero-order valence-corrected chi connectivity index (χ0v) is 16.0. The average molecular weight is 397 g/mol. The van der Waals surface area contributed by atoms with Crippen LogP contribution in [0.4, 0.5) is 11.4 Å². The summed E-state index contributed by atoms with van der Waals surface area (Å²) in [6, 6.07) is 9.87. The molecule has 0 heterocycles. The molecule has 0 bridgehead atoms. The fraction of sp³-hybridized carbons (Fsp3) is 0.222. The fourth-order valence-corrected chi connectivity index (χ4v) is 2.66. The van der Waals surface area contributed by atoms with E-state index in [-0.39, 0.29) is 17.5 Å². The first-order valence-electron chi connectivity index (χ1n) is 7.61. The van der Waals surface area contributed by atoms with Crippen molar-refractivity contribution in [3.05, 3.63) is 46.4 Å². The lowest BCUT2D eigenvalue weighted by molar-refractivity contribution is -0.120. The lowest BCUT2D eigenvalue weighted by Gasteiger charge is -2.23. The third-order valence-electron chi connectivity index (χ3n) is 3.59. The van der Waals surface area contributed by atoms with Gasteiger partial charge >= 0.3 is 0 Å². The van der Waals surface area contributed by atoms with Crippen LogP contribution in [-0.4, -0.2) is 32.6 Å². The SMILES string of the molecule is COc1ccc(N(CC(=O)Nc2cccc(Cl)c2Cl)C(C)=O)c(OC)c1. The highest BCUT2D eigenvalue weighted by Crippen LogP contribution is 2.33. The maximum atomic E-state index is 12.4. The second-order valence-electron chi connectivity index (χ2n) is 5.29. The molecule has 0 saturated heterocycles. The van der Waals surface area contributed by atoms with E-state index in [4.69, 9.17) is 32.7 Å². The van der Waals surface area contributed by atoms with Crippen LogP contribution in [0, 0.1) is 0 Å². The molecule has 0 aliphatic heterocycles. The molecule has 2 aromatic rings. The first kappa shape index (κ1) is 19.9. The Balaban J connectivity index is 2.24. The number of rotatable bonds is 6. The van der Waals surface area contributed by atoms with Gasteiger partial charge in [-0.15, -0.1) is 0 Å². The summed E-state index contributed by atoms with van der Waals surface area (Å²) in [5.41, 5.74) is 0.822. The number of anilines is 2.